The highest BCUT2D eigenvalue weighted by Gasteiger charge is 2.38. The molecule has 1 saturated heterocycles. The van der Waals surface area contributed by atoms with Gasteiger partial charge >= 0.3 is 0 Å². The van der Waals surface area contributed by atoms with Crippen molar-refractivity contribution in [1.29, 1.82) is 0 Å². The summed E-state index contributed by atoms with van der Waals surface area (Å²) in [6.07, 6.45) is 6.19. The Balaban J connectivity index is 1.20. The van der Waals surface area contributed by atoms with Crippen LogP contribution in [-0.4, -0.2) is 40.0 Å². The molecule has 166 valence electrons. The fraction of sp³-hybridized carbons (Fsp3) is 0.407. The summed E-state index contributed by atoms with van der Waals surface area (Å²) in [5.74, 6) is 0.881. The van der Waals surface area contributed by atoms with Crippen LogP contribution >= 0.6 is 0 Å². The molecule has 0 radical (unpaired) electrons. The van der Waals surface area contributed by atoms with E-state index in [0.29, 0.717) is 31.3 Å². The molecule has 0 bridgehead atoms. The van der Waals surface area contributed by atoms with E-state index in [2.05, 4.69) is 41.4 Å². The average Bonchev–Trinajstić information content (AvgIpc) is 3.20. The van der Waals surface area contributed by atoms with Gasteiger partial charge in [0.2, 0.25) is 12.3 Å². The summed E-state index contributed by atoms with van der Waals surface area (Å²) >= 11 is 0. The molecule has 2 fully saturated rings. The minimum absolute atomic E-state index is 0.00809. The maximum atomic E-state index is 13.1. The molecule has 0 spiro atoms. The number of carbonyl (C=O) groups excluding carboxylic acids is 1. The first-order chi connectivity index (χ1) is 15.7. The number of aliphatic hydroxyl groups excluding tert-OH is 1. The molecule has 2 atom stereocenters. The monoisotopic (exact) mass is 430 g/mol. The Morgan fingerprint density at radius 3 is 2.56 bits per heavy atom. The van der Waals surface area contributed by atoms with Crippen LogP contribution in [0.25, 0.3) is 10.9 Å². The zero-order valence-electron chi connectivity index (χ0n) is 18.3. The van der Waals surface area contributed by atoms with Crippen LogP contribution in [0.2, 0.25) is 0 Å². The largest absolute Gasteiger partial charge is 0.351 e. The van der Waals surface area contributed by atoms with Crippen LogP contribution in [0.15, 0.2) is 66.9 Å². The van der Waals surface area contributed by atoms with Gasteiger partial charge in [0.05, 0.1) is 18.2 Å². The predicted molar refractivity (Wildman–Crippen MR) is 124 cm³/mol. The van der Waals surface area contributed by atoms with Crippen LogP contribution in [0.5, 0.6) is 0 Å². The number of aliphatic hydroxyl groups is 1. The Morgan fingerprint density at radius 2 is 1.75 bits per heavy atom. The molecule has 5 nitrogen and oxygen atoms in total. The van der Waals surface area contributed by atoms with E-state index in [1.54, 1.807) is 4.90 Å². The van der Waals surface area contributed by atoms with Gasteiger partial charge in [-0.05, 0) is 67.2 Å². The number of nitrogens with zero attached hydrogens (tertiary/aromatic N) is 2. The number of carbonyl (C=O) groups is 1. The van der Waals surface area contributed by atoms with Crippen LogP contribution in [0.1, 0.15) is 49.1 Å². The van der Waals surface area contributed by atoms with E-state index in [-0.39, 0.29) is 11.9 Å². The smallest absolute Gasteiger partial charge is 0.240 e. The summed E-state index contributed by atoms with van der Waals surface area (Å²) in [6, 6.07) is 20.5. The van der Waals surface area contributed by atoms with E-state index in [0.717, 1.165) is 36.8 Å². The zero-order chi connectivity index (χ0) is 21.9. The molecule has 1 saturated carbocycles. The Bertz CT molecular complexity index is 1060. The lowest BCUT2D eigenvalue weighted by atomic mass is 9.76. The predicted octanol–water partition coefficient (Wildman–Crippen LogP) is 4.64. The highest BCUT2D eigenvalue weighted by atomic mass is 16.6. The van der Waals surface area contributed by atoms with Gasteiger partial charge in [-0.15, -0.1) is 0 Å². The van der Waals surface area contributed by atoms with E-state index >= 15 is 0 Å². The maximum Gasteiger partial charge on any atom is 0.240 e. The summed E-state index contributed by atoms with van der Waals surface area (Å²) < 4.78 is 5.43. The van der Waals surface area contributed by atoms with E-state index in [1.807, 2.05) is 30.5 Å². The first kappa shape index (κ1) is 21.1. The topological polar surface area (TPSA) is 62.7 Å². The number of hydrogen-bond acceptors (Lipinski definition) is 4. The zero-order valence-corrected chi connectivity index (χ0v) is 18.3. The Hall–Kier alpha value is -2.76. The van der Waals surface area contributed by atoms with Crippen LogP contribution in [0.3, 0.4) is 0 Å². The summed E-state index contributed by atoms with van der Waals surface area (Å²) in [5, 5.41) is 11.6. The Kier molecular flexibility index (Phi) is 6.19. The molecule has 1 aliphatic heterocycles. The third kappa shape index (κ3) is 4.41. The number of aromatic nitrogens is 1. The normalized spacial score (nSPS) is 25.8. The molecular weight excluding hydrogens is 400 g/mol. The van der Waals surface area contributed by atoms with Crippen molar-refractivity contribution in [3.8, 4) is 0 Å². The van der Waals surface area contributed by atoms with Gasteiger partial charge in [0.1, 0.15) is 0 Å². The lowest BCUT2D eigenvalue weighted by Gasteiger charge is -2.31. The van der Waals surface area contributed by atoms with Gasteiger partial charge in [-0.2, -0.15) is 0 Å². The molecule has 1 unspecified atom stereocenters. The first-order valence-corrected chi connectivity index (χ1v) is 11.7. The van der Waals surface area contributed by atoms with Gasteiger partial charge < -0.3 is 9.84 Å². The number of fused-ring (bicyclic) bond motifs is 1. The van der Waals surface area contributed by atoms with Gasteiger partial charge in [0, 0.05) is 18.0 Å². The number of rotatable bonds is 5. The third-order valence-electron chi connectivity index (χ3n) is 7.10. The molecule has 3 aromatic rings. The quantitative estimate of drug-likeness (QED) is 0.640. The summed E-state index contributed by atoms with van der Waals surface area (Å²) in [4.78, 5) is 19.2. The molecule has 2 aromatic carbocycles. The van der Waals surface area contributed by atoms with Crippen LogP contribution in [-0.2, 0) is 16.0 Å². The van der Waals surface area contributed by atoms with Crippen molar-refractivity contribution in [3.05, 3.63) is 78.0 Å². The Morgan fingerprint density at radius 1 is 1.00 bits per heavy atom. The molecule has 5 rings (SSSR count). The SMILES string of the molecule is O=C(CC1CCC(c2ccnc3ccccc23)CC1)N1C(O)OC[C@H]1Cc1ccccc1. The second-order valence-corrected chi connectivity index (χ2v) is 9.14. The minimum Gasteiger partial charge on any atom is -0.351 e. The highest BCUT2D eigenvalue weighted by Crippen LogP contribution is 2.39. The lowest BCUT2D eigenvalue weighted by Crippen LogP contribution is -2.43. The molecule has 1 aliphatic carbocycles. The van der Waals surface area contributed by atoms with Gasteiger partial charge in [-0.1, -0.05) is 48.5 Å². The number of amides is 1. The summed E-state index contributed by atoms with van der Waals surface area (Å²) in [6.45, 7) is 0.379. The fourth-order valence-electron chi connectivity index (χ4n) is 5.41. The molecular formula is C27H30N2O3. The van der Waals surface area contributed by atoms with Gasteiger partial charge in [0.15, 0.2) is 0 Å². The molecule has 1 aromatic heterocycles. The van der Waals surface area contributed by atoms with Crippen molar-refractivity contribution >= 4 is 16.8 Å². The first-order valence-electron chi connectivity index (χ1n) is 11.7. The fourth-order valence-corrected chi connectivity index (χ4v) is 5.41. The van der Waals surface area contributed by atoms with Crippen LogP contribution < -0.4 is 0 Å². The number of hydrogen-bond donors (Lipinski definition) is 1. The van der Waals surface area contributed by atoms with Crippen LogP contribution in [0, 0.1) is 5.92 Å². The van der Waals surface area contributed by atoms with E-state index < -0.39 is 6.41 Å². The van der Waals surface area contributed by atoms with E-state index in [9.17, 15) is 9.90 Å². The van der Waals surface area contributed by atoms with Crippen molar-refractivity contribution < 1.29 is 14.6 Å². The van der Waals surface area contributed by atoms with Crippen molar-refractivity contribution in [2.24, 2.45) is 5.92 Å². The summed E-state index contributed by atoms with van der Waals surface area (Å²) in [7, 11) is 0. The number of pyridine rings is 1. The number of ether oxygens (including phenoxy) is 1. The van der Waals surface area contributed by atoms with Crippen molar-refractivity contribution in [2.75, 3.05) is 6.61 Å². The molecule has 2 aliphatic rings. The van der Waals surface area contributed by atoms with E-state index in [4.69, 9.17) is 4.74 Å². The third-order valence-corrected chi connectivity index (χ3v) is 7.10. The molecule has 5 heteroatoms. The van der Waals surface area contributed by atoms with E-state index in [1.165, 1.54) is 10.9 Å². The molecule has 1 N–H and O–H groups in total. The van der Waals surface area contributed by atoms with Crippen molar-refractivity contribution in [1.82, 2.24) is 9.88 Å². The second kappa shape index (κ2) is 9.39. The van der Waals surface area contributed by atoms with Crippen molar-refractivity contribution in [3.63, 3.8) is 0 Å². The lowest BCUT2D eigenvalue weighted by molar-refractivity contribution is -0.166. The van der Waals surface area contributed by atoms with Gasteiger partial charge in [-0.3, -0.25) is 14.7 Å². The van der Waals surface area contributed by atoms with Gasteiger partial charge in [0.25, 0.3) is 0 Å². The highest BCUT2D eigenvalue weighted by molar-refractivity contribution is 5.82. The van der Waals surface area contributed by atoms with Crippen LogP contribution in [0.4, 0.5) is 0 Å². The maximum absolute atomic E-state index is 13.1. The molecule has 1 amide bonds. The van der Waals surface area contributed by atoms with Crippen molar-refractivity contribution in [2.45, 2.75) is 56.9 Å². The number of benzene rings is 2. The number of para-hydroxylation sites is 1. The molecule has 2 heterocycles. The summed E-state index contributed by atoms with van der Waals surface area (Å²) in [5.41, 5.74) is 3.58. The Labute approximate surface area is 189 Å². The van der Waals surface area contributed by atoms with Gasteiger partial charge in [-0.25, -0.2) is 0 Å². The average molecular weight is 431 g/mol. The standard InChI is InChI=1S/C27H30N2O3/c30-26(29-22(18-32-27(29)31)16-19-6-2-1-3-7-19)17-20-10-12-21(13-11-20)23-14-15-28-25-9-5-4-8-24(23)25/h1-9,14-15,20-22,27,31H,10-13,16-18H2/t20?,21?,22-,27?/m1/s1. The molecule has 32 heavy (non-hydrogen) atoms. The minimum atomic E-state index is -1.13. The second-order valence-electron chi connectivity index (χ2n) is 9.14.